The first-order chi connectivity index (χ1) is 15.5. The third-order valence-corrected chi connectivity index (χ3v) is 5.93. The van der Waals surface area contributed by atoms with Crippen LogP contribution < -0.4 is 16.4 Å². The van der Waals surface area contributed by atoms with E-state index in [0.717, 1.165) is 18.4 Å². The Hall–Kier alpha value is -3.35. The van der Waals surface area contributed by atoms with E-state index in [9.17, 15) is 9.59 Å². The molecule has 0 heterocycles. The van der Waals surface area contributed by atoms with E-state index in [1.54, 1.807) is 24.3 Å². The molecule has 6 nitrogen and oxygen atoms in total. The van der Waals surface area contributed by atoms with E-state index in [-0.39, 0.29) is 30.5 Å². The van der Waals surface area contributed by atoms with E-state index in [0.29, 0.717) is 22.9 Å². The number of ether oxygens (including phenoxy) is 1. The van der Waals surface area contributed by atoms with Crippen molar-refractivity contribution in [2.45, 2.75) is 37.8 Å². The number of amides is 2. The van der Waals surface area contributed by atoms with Crippen LogP contribution in [0.4, 0.5) is 16.2 Å². The van der Waals surface area contributed by atoms with Crippen molar-refractivity contribution in [1.29, 1.82) is 0 Å². The minimum absolute atomic E-state index is 0. The summed E-state index contributed by atoms with van der Waals surface area (Å²) in [5, 5.41) is 5.55. The molecule has 3 aromatic rings. The molecule has 1 aliphatic carbocycles. The Labute approximate surface area is 199 Å². The number of halogens is 1. The Kier molecular flexibility index (Phi) is 7.74. The molecule has 2 atom stereocenters. The van der Waals surface area contributed by atoms with E-state index >= 15 is 0 Å². The van der Waals surface area contributed by atoms with Crippen molar-refractivity contribution in [2.24, 2.45) is 5.73 Å². The summed E-state index contributed by atoms with van der Waals surface area (Å²) in [5.74, 6) is 0.133. The minimum Gasteiger partial charge on any atom is -0.444 e. The highest BCUT2D eigenvalue weighted by molar-refractivity contribution is 6.05. The zero-order chi connectivity index (χ0) is 22.6. The van der Waals surface area contributed by atoms with Crippen LogP contribution in [0.1, 0.15) is 47.2 Å². The van der Waals surface area contributed by atoms with Gasteiger partial charge in [-0.3, -0.25) is 10.1 Å². The van der Waals surface area contributed by atoms with Gasteiger partial charge in [-0.25, -0.2) is 4.79 Å². The lowest BCUT2D eigenvalue weighted by Gasteiger charge is -2.11. The summed E-state index contributed by atoms with van der Waals surface area (Å²) >= 11 is 0. The fraction of sp³-hybridized carbons (Fsp3) is 0.231. The average molecular weight is 466 g/mol. The van der Waals surface area contributed by atoms with Gasteiger partial charge in [-0.1, -0.05) is 55.5 Å². The number of nitrogens with two attached hydrogens (primary N) is 1. The van der Waals surface area contributed by atoms with Gasteiger partial charge >= 0.3 is 6.09 Å². The summed E-state index contributed by atoms with van der Waals surface area (Å²) in [6.07, 6.45) is 1.38. The van der Waals surface area contributed by atoms with Crippen molar-refractivity contribution in [3.8, 4) is 0 Å². The molecule has 2 unspecified atom stereocenters. The van der Waals surface area contributed by atoms with E-state index in [2.05, 4.69) is 17.6 Å². The maximum absolute atomic E-state index is 12.7. The molecule has 7 heteroatoms. The van der Waals surface area contributed by atoms with Gasteiger partial charge < -0.3 is 15.8 Å². The van der Waals surface area contributed by atoms with Crippen LogP contribution in [0.5, 0.6) is 0 Å². The fourth-order valence-electron chi connectivity index (χ4n) is 3.78. The summed E-state index contributed by atoms with van der Waals surface area (Å²) in [5.41, 5.74) is 9.95. The normalized spacial score (nSPS) is 18.5. The second-order valence-corrected chi connectivity index (χ2v) is 8.19. The fourth-order valence-corrected chi connectivity index (χ4v) is 3.78. The van der Waals surface area contributed by atoms with Crippen molar-refractivity contribution < 1.29 is 14.3 Å². The van der Waals surface area contributed by atoms with Gasteiger partial charge in [0.15, 0.2) is 0 Å². The third kappa shape index (κ3) is 6.12. The molecule has 0 saturated heterocycles. The van der Waals surface area contributed by atoms with Crippen LogP contribution in [-0.4, -0.2) is 17.5 Å². The highest BCUT2D eigenvalue weighted by Crippen LogP contribution is 2.51. The molecule has 0 radical (unpaired) electrons. The molecule has 172 valence electrons. The second-order valence-electron chi connectivity index (χ2n) is 8.19. The predicted molar refractivity (Wildman–Crippen MR) is 133 cm³/mol. The van der Waals surface area contributed by atoms with E-state index in [4.69, 9.17) is 10.5 Å². The number of hydrogen-bond acceptors (Lipinski definition) is 4. The van der Waals surface area contributed by atoms with E-state index < -0.39 is 6.09 Å². The molecule has 4 rings (SSSR count). The van der Waals surface area contributed by atoms with E-state index in [1.807, 2.05) is 54.6 Å². The van der Waals surface area contributed by atoms with Gasteiger partial charge in [0, 0.05) is 28.4 Å². The van der Waals surface area contributed by atoms with Crippen LogP contribution in [0.15, 0.2) is 78.9 Å². The van der Waals surface area contributed by atoms with Crippen LogP contribution in [0, 0.1) is 0 Å². The monoisotopic (exact) mass is 465 g/mol. The van der Waals surface area contributed by atoms with Crippen molar-refractivity contribution in [3.63, 3.8) is 0 Å². The lowest BCUT2D eigenvalue weighted by molar-refractivity contribution is 0.102. The number of anilines is 2. The minimum atomic E-state index is -0.579. The van der Waals surface area contributed by atoms with Crippen LogP contribution in [0.25, 0.3) is 0 Å². The van der Waals surface area contributed by atoms with Gasteiger partial charge in [-0.15, -0.1) is 12.4 Å². The quantitative estimate of drug-likeness (QED) is 0.417. The molecule has 0 aliphatic heterocycles. The predicted octanol–water partition coefficient (Wildman–Crippen LogP) is 5.70. The molecular formula is C26H28ClN3O3. The topological polar surface area (TPSA) is 93.5 Å². The van der Waals surface area contributed by atoms with Crippen molar-refractivity contribution in [3.05, 3.63) is 95.6 Å². The zero-order valence-electron chi connectivity index (χ0n) is 18.4. The summed E-state index contributed by atoms with van der Waals surface area (Å²) in [4.78, 5) is 24.7. The average Bonchev–Trinajstić information content (AvgIpc) is 3.51. The molecule has 4 N–H and O–H groups in total. The lowest BCUT2D eigenvalue weighted by atomic mass is 10.0. The van der Waals surface area contributed by atoms with Gasteiger partial charge in [0.2, 0.25) is 0 Å². The molecule has 3 aromatic carbocycles. The number of carbonyl (C=O) groups excluding carboxylic acids is 2. The Morgan fingerprint density at radius 2 is 1.70 bits per heavy atom. The van der Waals surface area contributed by atoms with Crippen LogP contribution in [-0.2, 0) is 11.3 Å². The molecule has 33 heavy (non-hydrogen) atoms. The smallest absolute Gasteiger partial charge is 0.411 e. The molecule has 1 aliphatic rings. The number of rotatable bonds is 7. The largest absolute Gasteiger partial charge is 0.444 e. The van der Waals surface area contributed by atoms with Crippen molar-refractivity contribution in [1.82, 2.24) is 0 Å². The number of hydrogen-bond donors (Lipinski definition) is 3. The van der Waals surface area contributed by atoms with Crippen LogP contribution >= 0.6 is 12.4 Å². The van der Waals surface area contributed by atoms with Gasteiger partial charge in [0.1, 0.15) is 6.61 Å². The molecule has 1 fully saturated rings. The van der Waals surface area contributed by atoms with Crippen LogP contribution in [0.2, 0.25) is 0 Å². The maximum Gasteiger partial charge on any atom is 0.411 e. The summed E-state index contributed by atoms with van der Waals surface area (Å²) in [6.45, 7) is 2.29. The van der Waals surface area contributed by atoms with Gasteiger partial charge in [-0.05, 0) is 54.3 Å². The highest BCUT2D eigenvalue weighted by atomic mass is 35.5. The summed E-state index contributed by atoms with van der Waals surface area (Å²) in [7, 11) is 0. The maximum atomic E-state index is 12.7. The molecule has 0 bridgehead atoms. The first kappa shape index (κ1) is 24.3. The molecule has 2 amide bonds. The highest BCUT2D eigenvalue weighted by Gasteiger charge is 2.49. The number of benzene rings is 3. The molecule has 0 spiro atoms. The SMILES string of the molecule is CCC1(N)CC1c1ccc(NC(=O)c2cccc(NC(=O)OCc3ccccc3)c2)cc1.Cl. The lowest BCUT2D eigenvalue weighted by Crippen LogP contribution is -2.22. The molecule has 0 aromatic heterocycles. The molecular weight excluding hydrogens is 438 g/mol. The Morgan fingerprint density at radius 3 is 2.36 bits per heavy atom. The number of carbonyl (C=O) groups is 2. The van der Waals surface area contributed by atoms with Crippen molar-refractivity contribution >= 4 is 35.8 Å². The first-order valence-corrected chi connectivity index (χ1v) is 10.7. The number of nitrogens with one attached hydrogen (secondary N) is 2. The van der Waals surface area contributed by atoms with Crippen LogP contribution in [0.3, 0.4) is 0 Å². The Morgan fingerprint density at radius 1 is 0.970 bits per heavy atom. The second kappa shape index (κ2) is 10.5. The van der Waals surface area contributed by atoms with Crippen molar-refractivity contribution in [2.75, 3.05) is 10.6 Å². The standard InChI is InChI=1S/C26H27N3O3.ClH/c1-2-26(27)16-23(26)19-11-13-21(14-12-19)28-24(30)20-9-6-10-22(15-20)29-25(31)32-17-18-7-4-3-5-8-18;/h3-15,23H,2,16-17,27H2,1H3,(H,28,30)(H,29,31);1H. The first-order valence-electron chi connectivity index (χ1n) is 10.7. The van der Waals surface area contributed by atoms with E-state index in [1.165, 1.54) is 5.56 Å². The zero-order valence-corrected chi connectivity index (χ0v) is 19.2. The summed E-state index contributed by atoms with van der Waals surface area (Å²) in [6, 6.07) is 24.0. The van der Waals surface area contributed by atoms with Gasteiger partial charge in [0.05, 0.1) is 0 Å². The summed E-state index contributed by atoms with van der Waals surface area (Å²) < 4.78 is 5.23. The Bertz CT molecular complexity index is 1110. The van der Waals surface area contributed by atoms with Gasteiger partial charge in [0.25, 0.3) is 5.91 Å². The Balaban J connectivity index is 0.00000306. The third-order valence-electron chi connectivity index (χ3n) is 5.93. The molecule has 1 saturated carbocycles. The van der Waals surface area contributed by atoms with Gasteiger partial charge in [-0.2, -0.15) is 0 Å².